The minimum atomic E-state index is 0. The van der Waals surface area contributed by atoms with E-state index in [2.05, 4.69) is 76.2 Å². The standard InChI is InChI=1S/C18H22.CH4/c1-13(2)15-5-9-17(10-6-15)18-11-7-16(8-12-18)14(3)4;/h5-14H,1-4H3;1H4. The summed E-state index contributed by atoms with van der Waals surface area (Å²) in [6, 6.07) is 17.8. The summed E-state index contributed by atoms with van der Waals surface area (Å²) in [5, 5.41) is 0. The van der Waals surface area contributed by atoms with Crippen LogP contribution in [0.25, 0.3) is 11.1 Å². The molecule has 0 fully saturated rings. The van der Waals surface area contributed by atoms with Crippen molar-refractivity contribution in [3.05, 3.63) is 59.7 Å². The molecule has 19 heavy (non-hydrogen) atoms. The molecular weight excluding hydrogens is 228 g/mol. The van der Waals surface area contributed by atoms with Crippen LogP contribution in [0, 0.1) is 0 Å². The molecule has 2 aromatic rings. The lowest BCUT2D eigenvalue weighted by atomic mass is 9.96. The van der Waals surface area contributed by atoms with Crippen LogP contribution in [0.4, 0.5) is 0 Å². The lowest BCUT2D eigenvalue weighted by Crippen LogP contribution is -1.88. The molecule has 0 N–H and O–H groups in total. The summed E-state index contributed by atoms with van der Waals surface area (Å²) < 4.78 is 0. The van der Waals surface area contributed by atoms with Crippen LogP contribution < -0.4 is 0 Å². The first kappa shape index (κ1) is 15.5. The molecule has 0 radical (unpaired) electrons. The lowest BCUT2D eigenvalue weighted by Gasteiger charge is -2.09. The molecule has 0 aromatic heterocycles. The maximum Gasteiger partial charge on any atom is -0.0184 e. The molecule has 0 aliphatic rings. The summed E-state index contributed by atoms with van der Waals surface area (Å²) in [5.74, 6) is 1.20. The quantitative estimate of drug-likeness (QED) is 0.608. The van der Waals surface area contributed by atoms with E-state index < -0.39 is 0 Å². The highest BCUT2D eigenvalue weighted by Crippen LogP contribution is 2.24. The summed E-state index contributed by atoms with van der Waals surface area (Å²) in [5.41, 5.74) is 5.40. The van der Waals surface area contributed by atoms with Crippen LogP contribution in [0.15, 0.2) is 48.5 Å². The van der Waals surface area contributed by atoms with Gasteiger partial charge in [0.2, 0.25) is 0 Å². The Labute approximate surface area is 118 Å². The summed E-state index contributed by atoms with van der Waals surface area (Å²) in [7, 11) is 0. The zero-order valence-electron chi connectivity index (χ0n) is 11.8. The topological polar surface area (TPSA) is 0 Å². The molecule has 0 bridgehead atoms. The summed E-state index contributed by atoms with van der Waals surface area (Å²) >= 11 is 0. The van der Waals surface area contributed by atoms with Crippen molar-refractivity contribution in [1.82, 2.24) is 0 Å². The molecule has 102 valence electrons. The van der Waals surface area contributed by atoms with Gasteiger partial charge in [-0.1, -0.05) is 83.7 Å². The maximum absolute atomic E-state index is 2.23. The Kier molecular flexibility index (Phi) is 5.35. The molecule has 0 heteroatoms. The minimum absolute atomic E-state index is 0. The SMILES string of the molecule is C.CC(C)c1ccc(-c2ccc(C(C)C)cc2)cc1. The van der Waals surface area contributed by atoms with Gasteiger partial charge in [0.25, 0.3) is 0 Å². The van der Waals surface area contributed by atoms with Gasteiger partial charge in [-0.2, -0.15) is 0 Å². The summed E-state index contributed by atoms with van der Waals surface area (Å²) in [6.45, 7) is 8.91. The first-order chi connectivity index (χ1) is 8.58. The van der Waals surface area contributed by atoms with Gasteiger partial charge < -0.3 is 0 Å². The Hall–Kier alpha value is -1.56. The van der Waals surface area contributed by atoms with E-state index in [4.69, 9.17) is 0 Å². The highest BCUT2D eigenvalue weighted by atomic mass is 14.1. The first-order valence-electron chi connectivity index (χ1n) is 6.78. The molecule has 0 amide bonds. The first-order valence-corrected chi connectivity index (χ1v) is 6.78. The fourth-order valence-corrected chi connectivity index (χ4v) is 2.12. The van der Waals surface area contributed by atoms with E-state index in [1.165, 1.54) is 22.3 Å². The molecule has 0 aliphatic carbocycles. The van der Waals surface area contributed by atoms with Gasteiger partial charge in [-0.3, -0.25) is 0 Å². The third-order valence-corrected chi connectivity index (χ3v) is 3.49. The van der Waals surface area contributed by atoms with Crippen LogP contribution in [-0.2, 0) is 0 Å². The molecular formula is C19H26. The second-order valence-electron chi connectivity index (χ2n) is 5.55. The van der Waals surface area contributed by atoms with Crippen LogP contribution in [-0.4, -0.2) is 0 Å². The van der Waals surface area contributed by atoms with E-state index in [1.807, 2.05) is 0 Å². The monoisotopic (exact) mass is 254 g/mol. The van der Waals surface area contributed by atoms with Crippen LogP contribution in [0.5, 0.6) is 0 Å². The van der Waals surface area contributed by atoms with Crippen LogP contribution in [0.1, 0.15) is 58.1 Å². The van der Waals surface area contributed by atoms with Crippen molar-refractivity contribution in [2.75, 3.05) is 0 Å². The molecule has 2 aromatic carbocycles. The molecule has 0 atom stereocenters. The lowest BCUT2D eigenvalue weighted by molar-refractivity contribution is 0.866. The predicted molar refractivity (Wildman–Crippen MR) is 86.8 cm³/mol. The Balaban J connectivity index is 0.00000180. The van der Waals surface area contributed by atoms with E-state index in [1.54, 1.807) is 0 Å². The van der Waals surface area contributed by atoms with Crippen molar-refractivity contribution in [2.24, 2.45) is 0 Å². The zero-order valence-corrected chi connectivity index (χ0v) is 11.8. The largest absolute Gasteiger partial charge is 0.0776 e. The highest BCUT2D eigenvalue weighted by molar-refractivity contribution is 5.64. The number of rotatable bonds is 3. The molecule has 0 saturated heterocycles. The number of hydrogen-bond acceptors (Lipinski definition) is 0. The van der Waals surface area contributed by atoms with Crippen molar-refractivity contribution in [1.29, 1.82) is 0 Å². The third kappa shape index (κ3) is 3.70. The van der Waals surface area contributed by atoms with Gasteiger partial charge >= 0.3 is 0 Å². The third-order valence-electron chi connectivity index (χ3n) is 3.49. The van der Waals surface area contributed by atoms with Gasteiger partial charge in [-0.25, -0.2) is 0 Å². The Morgan fingerprint density at radius 3 is 1.00 bits per heavy atom. The van der Waals surface area contributed by atoms with Crippen LogP contribution in [0.2, 0.25) is 0 Å². The Bertz CT molecular complexity index is 437. The summed E-state index contributed by atoms with van der Waals surface area (Å²) in [4.78, 5) is 0. The number of hydrogen-bond donors (Lipinski definition) is 0. The highest BCUT2D eigenvalue weighted by Gasteiger charge is 2.02. The zero-order chi connectivity index (χ0) is 13.1. The number of benzene rings is 2. The van der Waals surface area contributed by atoms with Crippen molar-refractivity contribution in [2.45, 2.75) is 47.0 Å². The van der Waals surface area contributed by atoms with Crippen molar-refractivity contribution in [3.8, 4) is 11.1 Å². The van der Waals surface area contributed by atoms with Gasteiger partial charge in [0.15, 0.2) is 0 Å². The second kappa shape index (κ2) is 6.56. The fraction of sp³-hybridized carbons (Fsp3) is 0.368. The van der Waals surface area contributed by atoms with E-state index in [-0.39, 0.29) is 7.43 Å². The second-order valence-corrected chi connectivity index (χ2v) is 5.55. The van der Waals surface area contributed by atoms with Crippen LogP contribution in [0.3, 0.4) is 0 Å². The van der Waals surface area contributed by atoms with Gasteiger partial charge in [0.1, 0.15) is 0 Å². The van der Waals surface area contributed by atoms with E-state index in [9.17, 15) is 0 Å². The molecule has 0 nitrogen and oxygen atoms in total. The average molecular weight is 254 g/mol. The summed E-state index contributed by atoms with van der Waals surface area (Å²) in [6.07, 6.45) is 0. The average Bonchev–Trinajstić information content (AvgIpc) is 2.39. The van der Waals surface area contributed by atoms with E-state index >= 15 is 0 Å². The molecule has 0 aliphatic heterocycles. The Morgan fingerprint density at radius 1 is 0.526 bits per heavy atom. The van der Waals surface area contributed by atoms with Crippen molar-refractivity contribution < 1.29 is 0 Å². The molecule has 0 spiro atoms. The maximum atomic E-state index is 2.23. The van der Waals surface area contributed by atoms with Gasteiger partial charge in [0.05, 0.1) is 0 Å². The normalized spacial score (nSPS) is 10.6. The van der Waals surface area contributed by atoms with Crippen LogP contribution >= 0.6 is 0 Å². The minimum Gasteiger partial charge on any atom is -0.0776 e. The molecule has 0 unspecified atom stereocenters. The molecule has 2 rings (SSSR count). The van der Waals surface area contributed by atoms with Gasteiger partial charge in [0, 0.05) is 0 Å². The van der Waals surface area contributed by atoms with Gasteiger partial charge in [-0.15, -0.1) is 0 Å². The Morgan fingerprint density at radius 2 is 0.789 bits per heavy atom. The predicted octanol–water partition coefficient (Wildman–Crippen LogP) is 6.24. The van der Waals surface area contributed by atoms with E-state index in [0.29, 0.717) is 11.8 Å². The molecule has 0 heterocycles. The van der Waals surface area contributed by atoms with E-state index in [0.717, 1.165) is 0 Å². The van der Waals surface area contributed by atoms with Crippen molar-refractivity contribution in [3.63, 3.8) is 0 Å². The van der Waals surface area contributed by atoms with Crippen molar-refractivity contribution >= 4 is 0 Å². The smallest absolute Gasteiger partial charge is 0.0184 e. The van der Waals surface area contributed by atoms with Gasteiger partial charge in [-0.05, 0) is 34.1 Å². The molecule has 0 saturated carbocycles. The fourth-order valence-electron chi connectivity index (χ4n) is 2.12.